The minimum atomic E-state index is -0.689. The maximum absolute atomic E-state index is 13.9. The van der Waals surface area contributed by atoms with Crippen molar-refractivity contribution in [1.29, 1.82) is 0 Å². The van der Waals surface area contributed by atoms with Crippen molar-refractivity contribution in [2.24, 2.45) is 17.8 Å². The number of imidazole rings is 2. The number of benzene rings is 3. The molecule has 0 spiro atoms. The zero-order valence-electron chi connectivity index (χ0n) is 37.4. The van der Waals surface area contributed by atoms with E-state index in [1.54, 1.807) is 0 Å². The second-order valence-corrected chi connectivity index (χ2v) is 19.4. The molecule has 3 fully saturated rings. The molecule has 0 radical (unpaired) electrons. The van der Waals surface area contributed by atoms with E-state index in [0.717, 1.165) is 78.8 Å². The van der Waals surface area contributed by atoms with Gasteiger partial charge in [-0.05, 0) is 109 Å². The van der Waals surface area contributed by atoms with Crippen LogP contribution in [0.15, 0.2) is 60.7 Å². The zero-order chi connectivity index (χ0) is 43.3. The predicted molar refractivity (Wildman–Crippen MR) is 240 cm³/mol. The molecule has 3 saturated heterocycles. The molecule has 0 saturated carbocycles. The Balaban J connectivity index is 1.10. The normalized spacial score (nSPS) is 21.9. The fourth-order valence-electron chi connectivity index (χ4n) is 9.84. The number of ether oxygens (including phenoxy) is 1. The van der Waals surface area contributed by atoms with Gasteiger partial charge in [-0.2, -0.15) is 0 Å². The number of rotatable bonds is 10. The summed E-state index contributed by atoms with van der Waals surface area (Å²) in [6, 6.07) is 21.6. The number of carbonyl (C=O) groups is 3. The van der Waals surface area contributed by atoms with Crippen molar-refractivity contribution < 1.29 is 19.1 Å². The summed E-state index contributed by atoms with van der Waals surface area (Å²) in [5.74, 6) is 1.90. The molecule has 324 valence electrons. The SMILES string of the molecule is COC(=O)N[C@H](C(=O)N1CCC[C@H]1c1nc2ccc(C3CCC(c4ccc5nc([C@@H]6CCCN6C(=O)[C@@H](C)C(C)C)[nH]c5c4)N3c3ccc(C(C)(C)C)cc3)cc2[nH]1)C(C)C. The van der Waals surface area contributed by atoms with Gasteiger partial charge in [0.1, 0.15) is 17.7 Å². The number of hydrogen-bond donors (Lipinski definition) is 3. The lowest BCUT2D eigenvalue weighted by molar-refractivity contribution is -0.137. The molecular weight excluding hydrogens is 765 g/mol. The summed E-state index contributed by atoms with van der Waals surface area (Å²) in [4.78, 5) is 63.4. The van der Waals surface area contributed by atoms with E-state index in [1.165, 1.54) is 29.5 Å². The van der Waals surface area contributed by atoms with Crippen LogP contribution < -0.4 is 10.2 Å². The van der Waals surface area contributed by atoms with Crippen molar-refractivity contribution in [3.8, 4) is 0 Å². The first-order chi connectivity index (χ1) is 29.1. The molecule has 3 aromatic carbocycles. The van der Waals surface area contributed by atoms with Crippen molar-refractivity contribution in [3.05, 3.63) is 89.0 Å². The van der Waals surface area contributed by atoms with Crippen molar-refractivity contribution in [1.82, 2.24) is 35.1 Å². The van der Waals surface area contributed by atoms with Crippen molar-refractivity contribution in [2.75, 3.05) is 25.1 Å². The topological polar surface area (TPSA) is 140 Å². The van der Waals surface area contributed by atoms with Crippen molar-refractivity contribution >= 4 is 45.7 Å². The third-order valence-corrected chi connectivity index (χ3v) is 13.7. The van der Waals surface area contributed by atoms with Gasteiger partial charge in [-0.1, -0.05) is 79.7 Å². The van der Waals surface area contributed by atoms with E-state index < -0.39 is 12.1 Å². The van der Waals surface area contributed by atoms with Gasteiger partial charge < -0.3 is 34.7 Å². The van der Waals surface area contributed by atoms with Crippen LogP contribution in [0.3, 0.4) is 0 Å². The van der Waals surface area contributed by atoms with E-state index >= 15 is 0 Å². The highest BCUT2D eigenvalue weighted by Crippen LogP contribution is 2.48. The number of aromatic amines is 2. The van der Waals surface area contributed by atoms with Crippen LogP contribution in [-0.4, -0.2) is 73.9 Å². The number of nitrogens with one attached hydrogen (secondary N) is 3. The minimum absolute atomic E-state index is 0.0273. The first-order valence-corrected chi connectivity index (χ1v) is 22.5. The van der Waals surface area contributed by atoms with E-state index in [-0.39, 0.29) is 59.2 Å². The molecule has 3 aliphatic heterocycles. The number of amides is 3. The quantitative estimate of drug-likeness (QED) is 0.127. The number of aromatic nitrogens is 4. The Kier molecular flexibility index (Phi) is 11.7. The van der Waals surface area contributed by atoms with Crippen LogP contribution in [0.4, 0.5) is 10.5 Å². The van der Waals surface area contributed by atoms with E-state index in [9.17, 15) is 14.4 Å². The number of alkyl carbamates (subject to hydrolysis) is 1. The molecule has 3 aliphatic rings. The van der Waals surface area contributed by atoms with E-state index in [2.05, 4.69) is 115 Å². The van der Waals surface area contributed by atoms with Crippen LogP contribution in [0, 0.1) is 17.8 Å². The van der Waals surface area contributed by atoms with Gasteiger partial charge in [0.25, 0.3) is 0 Å². The molecule has 3 N–H and O–H groups in total. The Hall–Kier alpha value is -5.39. The molecule has 3 amide bonds. The second-order valence-electron chi connectivity index (χ2n) is 19.4. The summed E-state index contributed by atoms with van der Waals surface area (Å²) in [5.41, 5.74) is 8.68. The van der Waals surface area contributed by atoms with Gasteiger partial charge >= 0.3 is 6.09 Å². The van der Waals surface area contributed by atoms with Gasteiger partial charge in [0.05, 0.1) is 53.3 Å². The molecule has 2 unspecified atom stereocenters. The fourth-order valence-corrected chi connectivity index (χ4v) is 9.84. The van der Waals surface area contributed by atoms with Gasteiger partial charge in [-0.3, -0.25) is 9.59 Å². The van der Waals surface area contributed by atoms with E-state index in [1.807, 2.05) is 30.6 Å². The highest BCUT2D eigenvalue weighted by molar-refractivity contribution is 5.87. The molecule has 12 nitrogen and oxygen atoms in total. The average molecular weight is 829 g/mol. The third kappa shape index (κ3) is 8.22. The average Bonchev–Trinajstić information content (AvgIpc) is 4.09. The number of carbonyl (C=O) groups excluding carboxylic acids is 3. The predicted octanol–water partition coefficient (Wildman–Crippen LogP) is 9.82. The summed E-state index contributed by atoms with van der Waals surface area (Å²) in [7, 11) is 1.31. The highest BCUT2D eigenvalue weighted by Gasteiger charge is 2.40. The van der Waals surface area contributed by atoms with Crippen LogP contribution in [0.1, 0.15) is 146 Å². The zero-order valence-corrected chi connectivity index (χ0v) is 37.4. The lowest BCUT2D eigenvalue weighted by atomic mass is 9.87. The van der Waals surface area contributed by atoms with Crippen molar-refractivity contribution in [2.45, 2.75) is 130 Å². The van der Waals surface area contributed by atoms with Crippen LogP contribution in [-0.2, 0) is 19.7 Å². The highest BCUT2D eigenvalue weighted by atomic mass is 16.5. The maximum atomic E-state index is 13.9. The summed E-state index contributed by atoms with van der Waals surface area (Å²) in [6.45, 7) is 18.3. The Morgan fingerprint density at radius 3 is 1.66 bits per heavy atom. The number of fused-ring (bicyclic) bond motifs is 2. The lowest BCUT2D eigenvalue weighted by Crippen LogP contribution is -2.51. The van der Waals surface area contributed by atoms with Crippen molar-refractivity contribution in [3.63, 3.8) is 0 Å². The molecule has 6 atom stereocenters. The number of anilines is 1. The molecule has 0 bridgehead atoms. The Morgan fingerprint density at radius 2 is 1.20 bits per heavy atom. The number of nitrogens with zero attached hydrogens (tertiary/aromatic N) is 5. The number of hydrogen-bond acceptors (Lipinski definition) is 7. The summed E-state index contributed by atoms with van der Waals surface area (Å²) in [5, 5.41) is 2.75. The Labute approximate surface area is 360 Å². The third-order valence-electron chi connectivity index (χ3n) is 13.7. The summed E-state index contributed by atoms with van der Waals surface area (Å²) in [6.07, 6.45) is 4.87. The Bertz CT molecular complexity index is 2390. The molecule has 61 heavy (non-hydrogen) atoms. The smallest absolute Gasteiger partial charge is 0.407 e. The van der Waals surface area contributed by atoms with Gasteiger partial charge in [0.2, 0.25) is 11.8 Å². The summed E-state index contributed by atoms with van der Waals surface area (Å²) < 4.78 is 4.83. The number of H-pyrrole nitrogens is 2. The summed E-state index contributed by atoms with van der Waals surface area (Å²) >= 11 is 0. The standard InChI is InChI=1S/C49H64N8O4/c1-28(2)30(5)46(58)55-24-10-12-41(55)44-50-35-20-14-31(26-37(35)52-44)39-22-23-40(57(39)34-18-16-33(17-19-34)49(6,7)8)32-15-21-36-38(27-32)53-45(51-36)42-13-11-25-56(42)47(59)43(29(3)4)54-48(60)61-9/h14-21,26-30,39-43H,10-13,22-25H2,1-9H3,(H,50,52)(H,51,53)(H,54,60)/t30-,39?,40?,41-,42-,43-/m0/s1. The first kappa shape index (κ1) is 42.3. The van der Waals surface area contributed by atoms with Gasteiger partial charge in [-0.15, -0.1) is 0 Å². The Morgan fingerprint density at radius 1 is 0.689 bits per heavy atom. The molecule has 0 aliphatic carbocycles. The maximum Gasteiger partial charge on any atom is 0.407 e. The van der Waals surface area contributed by atoms with Crippen LogP contribution >= 0.6 is 0 Å². The van der Waals surface area contributed by atoms with E-state index in [0.29, 0.717) is 6.54 Å². The van der Waals surface area contributed by atoms with E-state index in [4.69, 9.17) is 14.7 Å². The molecule has 5 heterocycles. The van der Waals surface area contributed by atoms with Crippen LogP contribution in [0.5, 0.6) is 0 Å². The largest absolute Gasteiger partial charge is 0.453 e. The minimum Gasteiger partial charge on any atom is -0.453 e. The molecule has 2 aromatic heterocycles. The second kappa shape index (κ2) is 16.8. The number of likely N-dealkylation sites (tertiary alicyclic amines) is 2. The molecular formula is C49H64N8O4. The molecule has 12 heteroatoms. The fraction of sp³-hybridized carbons (Fsp3) is 0.531. The number of methoxy groups -OCH3 is 1. The first-order valence-electron chi connectivity index (χ1n) is 22.5. The van der Waals surface area contributed by atoms with Crippen LogP contribution in [0.2, 0.25) is 0 Å². The monoisotopic (exact) mass is 829 g/mol. The molecule has 5 aromatic rings. The van der Waals surface area contributed by atoms with Crippen LogP contribution in [0.25, 0.3) is 22.1 Å². The van der Waals surface area contributed by atoms with Gasteiger partial charge in [-0.25, -0.2) is 14.8 Å². The molecule has 8 rings (SSSR count). The lowest BCUT2D eigenvalue weighted by Gasteiger charge is -2.34. The van der Waals surface area contributed by atoms with Gasteiger partial charge in [0.15, 0.2) is 0 Å². The van der Waals surface area contributed by atoms with Gasteiger partial charge in [0, 0.05) is 24.7 Å².